The Morgan fingerprint density at radius 3 is 2.56 bits per heavy atom. The van der Waals surface area contributed by atoms with Crippen molar-refractivity contribution in [2.75, 3.05) is 13.7 Å². The summed E-state index contributed by atoms with van der Waals surface area (Å²) in [6.45, 7) is 0.513. The topological polar surface area (TPSA) is 71.5 Å². The van der Waals surface area contributed by atoms with Crippen molar-refractivity contribution >= 4 is 17.2 Å². The van der Waals surface area contributed by atoms with Gasteiger partial charge in [0.25, 0.3) is 5.91 Å². The van der Waals surface area contributed by atoms with E-state index in [1.54, 1.807) is 24.6 Å². The van der Waals surface area contributed by atoms with Gasteiger partial charge in [-0.1, -0.05) is 12.1 Å². The van der Waals surface area contributed by atoms with E-state index in [2.05, 4.69) is 10.3 Å². The van der Waals surface area contributed by atoms with Crippen LogP contribution < -0.4 is 10.1 Å². The molecule has 25 heavy (non-hydrogen) atoms. The van der Waals surface area contributed by atoms with E-state index >= 15 is 0 Å². The molecule has 0 aliphatic heterocycles. The van der Waals surface area contributed by atoms with Crippen LogP contribution in [-0.2, 0) is 6.42 Å². The Balaban J connectivity index is 1.57. The Hall–Kier alpha value is -2.86. The van der Waals surface area contributed by atoms with Crippen LogP contribution in [0.3, 0.4) is 0 Å². The number of carbonyl (C=O) groups is 1. The number of nitrogens with one attached hydrogen (secondary N) is 1. The van der Waals surface area contributed by atoms with Crippen LogP contribution in [0.5, 0.6) is 11.5 Å². The van der Waals surface area contributed by atoms with Crippen molar-refractivity contribution in [3.8, 4) is 22.1 Å². The second-order valence-corrected chi connectivity index (χ2v) is 6.30. The molecule has 0 saturated heterocycles. The average molecular weight is 354 g/mol. The molecule has 0 bridgehead atoms. The second kappa shape index (κ2) is 7.81. The third kappa shape index (κ3) is 4.36. The molecule has 2 N–H and O–H groups in total. The highest BCUT2D eigenvalue weighted by Gasteiger charge is 2.11. The molecule has 0 spiro atoms. The molecule has 0 radical (unpaired) electrons. The maximum Gasteiger partial charge on any atom is 0.270 e. The maximum absolute atomic E-state index is 12.2. The minimum Gasteiger partial charge on any atom is -0.508 e. The zero-order valence-corrected chi connectivity index (χ0v) is 14.5. The predicted molar refractivity (Wildman–Crippen MR) is 98.2 cm³/mol. The molecule has 0 fully saturated rings. The number of thiazole rings is 1. The predicted octanol–water partition coefficient (Wildman–Crippen LogP) is 3.50. The van der Waals surface area contributed by atoms with Crippen molar-refractivity contribution < 1.29 is 14.6 Å². The highest BCUT2D eigenvalue weighted by molar-refractivity contribution is 7.13. The van der Waals surface area contributed by atoms with E-state index in [0.29, 0.717) is 18.7 Å². The van der Waals surface area contributed by atoms with Crippen LogP contribution in [0.25, 0.3) is 10.6 Å². The molecule has 128 valence electrons. The molecular weight excluding hydrogens is 336 g/mol. The summed E-state index contributed by atoms with van der Waals surface area (Å²) in [6, 6.07) is 14.5. The number of carbonyl (C=O) groups excluding carboxylic acids is 1. The van der Waals surface area contributed by atoms with E-state index < -0.39 is 0 Å². The monoisotopic (exact) mass is 354 g/mol. The Bertz CT molecular complexity index is 842. The number of aromatic nitrogens is 1. The summed E-state index contributed by atoms with van der Waals surface area (Å²) in [7, 11) is 1.62. The van der Waals surface area contributed by atoms with Gasteiger partial charge < -0.3 is 15.2 Å². The molecule has 0 unspecified atom stereocenters. The Morgan fingerprint density at radius 1 is 1.16 bits per heavy atom. The molecular formula is C19H18N2O3S. The summed E-state index contributed by atoms with van der Waals surface area (Å²) < 4.78 is 5.14. The summed E-state index contributed by atoms with van der Waals surface area (Å²) >= 11 is 1.44. The van der Waals surface area contributed by atoms with Gasteiger partial charge in [0.15, 0.2) is 0 Å². The molecule has 2 aromatic carbocycles. The molecule has 3 aromatic rings. The third-order valence-electron chi connectivity index (χ3n) is 3.71. The molecule has 6 heteroatoms. The number of nitrogens with zero attached hydrogens (tertiary/aromatic N) is 1. The molecule has 3 rings (SSSR count). The first kappa shape index (κ1) is 17.0. The van der Waals surface area contributed by atoms with Crippen LogP contribution in [0.15, 0.2) is 53.9 Å². The van der Waals surface area contributed by atoms with Gasteiger partial charge in [-0.15, -0.1) is 11.3 Å². The SMILES string of the molecule is COc1ccc(-c2nc(C(=O)NCCc3ccc(O)cc3)cs2)cc1. The van der Waals surface area contributed by atoms with E-state index in [-0.39, 0.29) is 11.7 Å². The first-order valence-corrected chi connectivity index (χ1v) is 8.70. The van der Waals surface area contributed by atoms with Crippen LogP contribution in [0.2, 0.25) is 0 Å². The Labute approximate surface area is 149 Å². The van der Waals surface area contributed by atoms with Crippen molar-refractivity contribution in [2.24, 2.45) is 0 Å². The molecule has 1 amide bonds. The summed E-state index contributed by atoms with van der Waals surface area (Å²) in [6.07, 6.45) is 0.696. The highest BCUT2D eigenvalue weighted by Crippen LogP contribution is 2.25. The lowest BCUT2D eigenvalue weighted by molar-refractivity contribution is 0.0950. The number of hydrogen-bond donors (Lipinski definition) is 2. The minimum atomic E-state index is -0.185. The fraction of sp³-hybridized carbons (Fsp3) is 0.158. The number of phenolic OH excluding ortho intramolecular Hbond substituents is 1. The number of methoxy groups -OCH3 is 1. The number of aromatic hydroxyl groups is 1. The number of ether oxygens (including phenoxy) is 1. The standard InChI is InChI=1S/C19H18N2O3S/c1-24-16-8-4-14(5-9-16)19-21-17(12-25-19)18(23)20-11-10-13-2-6-15(22)7-3-13/h2-9,12,22H,10-11H2,1H3,(H,20,23). The van der Waals surface area contributed by atoms with Crippen molar-refractivity contribution in [1.29, 1.82) is 0 Å². The van der Waals surface area contributed by atoms with Gasteiger partial charge in [0, 0.05) is 17.5 Å². The van der Waals surface area contributed by atoms with Crippen LogP contribution in [0.1, 0.15) is 16.1 Å². The first-order chi connectivity index (χ1) is 12.2. The maximum atomic E-state index is 12.2. The lowest BCUT2D eigenvalue weighted by Crippen LogP contribution is -2.25. The zero-order chi connectivity index (χ0) is 17.6. The molecule has 0 aliphatic carbocycles. The molecule has 0 atom stereocenters. The van der Waals surface area contributed by atoms with Gasteiger partial charge in [0.1, 0.15) is 22.2 Å². The Kier molecular flexibility index (Phi) is 5.30. The van der Waals surface area contributed by atoms with E-state index in [9.17, 15) is 9.90 Å². The summed E-state index contributed by atoms with van der Waals surface area (Å²) in [5.41, 5.74) is 2.42. The van der Waals surface area contributed by atoms with Crippen LogP contribution in [0.4, 0.5) is 0 Å². The third-order valence-corrected chi connectivity index (χ3v) is 4.60. The van der Waals surface area contributed by atoms with E-state index in [1.807, 2.05) is 36.4 Å². The van der Waals surface area contributed by atoms with Gasteiger partial charge >= 0.3 is 0 Å². The number of hydrogen-bond acceptors (Lipinski definition) is 5. The van der Waals surface area contributed by atoms with Gasteiger partial charge in [0.2, 0.25) is 0 Å². The lowest BCUT2D eigenvalue weighted by atomic mass is 10.1. The first-order valence-electron chi connectivity index (χ1n) is 7.82. The van der Waals surface area contributed by atoms with E-state index in [1.165, 1.54) is 11.3 Å². The van der Waals surface area contributed by atoms with Gasteiger partial charge in [-0.05, 0) is 48.4 Å². The Morgan fingerprint density at radius 2 is 1.88 bits per heavy atom. The molecule has 0 saturated carbocycles. The summed E-state index contributed by atoms with van der Waals surface area (Å²) in [5.74, 6) is 0.837. The fourth-order valence-corrected chi connectivity index (χ4v) is 3.12. The van der Waals surface area contributed by atoms with E-state index in [4.69, 9.17) is 4.74 Å². The van der Waals surface area contributed by atoms with Gasteiger partial charge in [-0.2, -0.15) is 0 Å². The van der Waals surface area contributed by atoms with Gasteiger partial charge in [0.05, 0.1) is 7.11 Å². The number of phenols is 1. The zero-order valence-electron chi connectivity index (χ0n) is 13.7. The normalized spacial score (nSPS) is 10.4. The van der Waals surface area contributed by atoms with Crippen LogP contribution >= 0.6 is 11.3 Å². The van der Waals surface area contributed by atoms with Crippen molar-refractivity contribution in [1.82, 2.24) is 10.3 Å². The molecule has 0 aliphatic rings. The van der Waals surface area contributed by atoms with Gasteiger partial charge in [-0.3, -0.25) is 4.79 Å². The average Bonchev–Trinajstić information content (AvgIpc) is 3.13. The lowest BCUT2D eigenvalue weighted by Gasteiger charge is -2.04. The minimum absolute atomic E-state index is 0.185. The quantitative estimate of drug-likeness (QED) is 0.711. The van der Waals surface area contributed by atoms with Crippen LogP contribution in [-0.4, -0.2) is 29.7 Å². The number of benzene rings is 2. The largest absolute Gasteiger partial charge is 0.508 e. The fourth-order valence-electron chi connectivity index (χ4n) is 2.32. The van der Waals surface area contributed by atoms with Crippen molar-refractivity contribution in [3.63, 3.8) is 0 Å². The smallest absolute Gasteiger partial charge is 0.270 e. The van der Waals surface area contributed by atoms with Crippen LogP contribution in [0, 0.1) is 0 Å². The highest BCUT2D eigenvalue weighted by atomic mass is 32.1. The van der Waals surface area contributed by atoms with E-state index in [0.717, 1.165) is 21.9 Å². The molecule has 1 aromatic heterocycles. The second-order valence-electron chi connectivity index (χ2n) is 5.44. The summed E-state index contributed by atoms with van der Waals surface area (Å²) in [5, 5.41) is 14.7. The molecule has 5 nitrogen and oxygen atoms in total. The summed E-state index contributed by atoms with van der Waals surface area (Å²) in [4.78, 5) is 16.6. The number of amides is 1. The molecule has 1 heterocycles. The van der Waals surface area contributed by atoms with Gasteiger partial charge in [-0.25, -0.2) is 4.98 Å². The van der Waals surface area contributed by atoms with Crippen molar-refractivity contribution in [3.05, 3.63) is 65.2 Å². The number of rotatable bonds is 6. The van der Waals surface area contributed by atoms with Crippen molar-refractivity contribution in [2.45, 2.75) is 6.42 Å².